The fourth-order valence-electron chi connectivity index (χ4n) is 8.70. The molecule has 0 radical (unpaired) electrons. The molecule has 77 heavy (non-hydrogen) atoms. The highest BCUT2D eigenvalue weighted by Gasteiger charge is 2.48. The molecule has 1 aromatic heterocycles. The summed E-state index contributed by atoms with van der Waals surface area (Å²) in [6.45, 7) is 3.56. The van der Waals surface area contributed by atoms with Gasteiger partial charge in [-0.05, 0) is 79.8 Å². The molecular weight excluding hydrogens is 1010 g/mol. The molecule has 4 heterocycles. The van der Waals surface area contributed by atoms with Gasteiger partial charge in [0.15, 0.2) is 23.8 Å². The number of aliphatic carboxylic acids is 1. The van der Waals surface area contributed by atoms with Gasteiger partial charge in [0.25, 0.3) is 11.8 Å². The Morgan fingerprint density at radius 3 is 2.26 bits per heavy atom. The lowest BCUT2D eigenvalue weighted by Crippen LogP contribution is -2.61. The molecule has 26 heteroatoms. The standard InChI is InChI=1S/C51H60N8O18/c1-4-19-74-51(71)59-34-24-38(37(72-3)23-31(34)46(66)58-18-6-5-8-33(58)47(59)67)73-20-7-9-39(60)53-30-22-35(57(2)25-30)45(65)54-28-11-13-29(14-12-28)55-50(70)75-26-27-10-15-36(32(21-27)56-40(61)16-17-52)76-49-43(64)41(62)42(63)44(77-49)48(68)69/h4,10-15,21-25,33,41-44,47,49,62-64,67H,1,5-9,16-20,26,52H2,2-3H3,(H,53,60)(H,54,65)(H,55,70)(H,56,61)(H,68,69)/t33-,41-,42-,43+,44-,47?,49+/m0/s1. The number of carbonyl (C=O) groups excluding carboxylic acids is 6. The van der Waals surface area contributed by atoms with Gasteiger partial charge in [0.2, 0.25) is 18.1 Å². The number of fused-ring (bicyclic) bond motifs is 2. The van der Waals surface area contributed by atoms with Crippen LogP contribution in [-0.4, -0.2) is 153 Å². The molecule has 7 rings (SSSR count). The van der Waals surface area contributed by atoms with Gasteiger partial charge in [-0.25, -0.2) is 19.3 Å². The molecule has 2 fully saturated rings. The molecule has 4 aromatic rings. The van der Waals surface area contributed by atoms with Crippen molar-refractivity contribution in [2.24, 2.45) is 12.8 Å². The molecule has 0 saturated carbocycles. The molecule has 2 saturated heterocycles. The molecule has 0 spiro atoms. The van der Waals surface area contributed by atoms with Crippen LogP contribution in [0.3, 0.4) is 0 Å². The first kappa shape index (κ1) is 56.5. The van der Waals surface area contributed by atoms with Crippen LogP contribution in [0.5, 0.6) is 17.2 Å². The Bertz CT molecular complexity index is 2840. The minimum absolute atomic E-state index is 0.00170. The van der Waals surface area contributed by atoms with Crippen LogP contribution in [-0.2, 0) is 42.2 Å². The first-order chi connectivity index (χ1) is 36.9. The van der Waals surface area contributed by atoms with Crippen LogP contribution in [0.25, 0.3) is 0 Å². The van der Waals surface area contributed by atoms with Gasteiger partial charge < -0.3 is 85.1 Å². The summed E-state index contributed by atoms with van der Waals surface area (Å²) in [5.41, 5.74) is 7.29. The number of hydrogen-bond donors (Lipinski definition) is 10. The number of piperidine rings is 1. The predicted molar refractivity (Wildman–Crippen MR) is 272 cm³/mol. The van der Waals surface area contributed by atoms with E-state index in [1.54, 1.807) is 18.1 Å². The number of nitrogens with one attached hydrogen (secondary N) is 4. The number of ether oxygens (including phenoxy) is 6. The molecular formula is C51H60N8O18. The van der Waals surface area contributed by atoms with E-state index in [9.17, 15) is 59.1 Å². The molecule has 0 bridgehead atoms. The molecule has 7 atom stereocenters. The number of nitrogens with zero attached hydrogens (tertiary/aromatic N) is 3. The van der Waals surface area contributed by atoms with Gasteiger partial charge in [0.05, 0.1) is 42.4 Å². The van der Waals surface area contributed by atoms with Crippen molar-refractivity contribution in [3.8, 4) is 17.2 Å². The zero-order chi connectivity index (χ0) is 55.5. The molecule has 6 amide bonds. The number of aliphatic hydroxyl groups is 4. The van der Waals surface area contributed by atoms with Crippen molar-refractivity contribution in [2.75, 3.05) is 59.6 Å². The molecule has 412 valence electrons. The van der Waals surface area contributed by atoms with Crippen molar-refractivity contribution in [3.63, 3.8) is 0 Å². The van der Waals surface area contributed by atoms with Crippen LogP contribution >= 0.6 is 0 Å². The van der Waals surface area contributed by atoms with E-state index in [4.69, 9.17) is 34.2 Å². The number of aryl methyl sites for hydroxylation is 1. The Morgan fingerprint density at radius 1 is 0.831 bits per heavy atom. The lowest BCUT2D eigenvalue weighted by molar-refractivity contribution is -0.271. The summed E-state index contributed by atoms with van der Waals surface area (Å²) in [5.74, 6) is -3.17. The third-order valence-electron chi connectivity index (χ3n) is 12.5. The van der Waals surface area contributed by atoms with Crippen molar-refractivity contribution >= 4 is 70.2 Å². The van der Waals surface area contributed by atoms with Crippen molar-refractivity contribution in [1.82, 2.24) is 9.47 Å². The second-order valence-electron chi connectivity index (χ2n) is 18.0. The van der Waals surface area contributed by atoms with Crippen molar-refractivity contribution in [1.29, 1.82) is 0 Å². The second kappa shape index (κ2) is 25.5. The fourth-order valence-corrected chi connectivity index (χ4v) is 8.70. The number of carboxylic acid groups (broad SMARTS) is 1. The van der Waals surface area contributed by atoms with Crippen molar-refractivity contribution in [2.45, 2.75) is 88.1 Å². The summed E-state index contributed by atoms with van der Waals surface area (Å²) in [4.78, 5) is 92.9. The number of rotatable bonds is 20. The summed E-state index contributed by atoms with van der Waals surface area (Å²) >= 11 is 0. The zero-order valence-electron chi connectivity index (χ0n) is 41.9. The normalized spacial score (nSPS) is 20.8. The molecule has 3 aliphatic rings. The molecule has 26 nitrogen and oxygen atoms in total. The van der Waals surface area contributed by atoms with Crippen LogP contribution in [0.15, 0.2) is 79.5 Å². The summed E-state index contributed by atoms with van der Waals surface area (Å²) in [7, 11) is 3.02. The number of methoxy groups -OCH3 is 1. The Balaban J connectivity index is 0.892. The summed E-state index contributed by atoms with van der Waals surface area (Å²) in [6.07, 6.45) is -7.55. The number of hydrogen-bond acceptors (Lipinski definition) is 18. The SMILES string of the molecule is C=CCOC(=O)N1c2cc(OCCCC(=O)Nc3cc(C(=O)Nc4ccc(NC(=O)OCc5ccc(O[C@@H]6O[C@H](C(=O)O)[C@@H](O)[C@H](O)[C@H]6O)c(NC(=O)CCN)c5)cc4)n(C)c3)c(OC)cc2C(=O)N2CCCC[C@H]2C1O. The van der Waals surface area contributed by atoms with Gasteiger partial charge in [0, 0.05) is 56.6 Å². The van der Waals surface area contributed by atoms with Gasteiger partial charge in [-0.1, -0.05) is 18.7 Å². The second-order valence-corrected chi connectivity index (χ2v) is 18.0. The van der Waals surface area contributed by atoms with Gasteiger partial charge in [0.1, 0.15) is 43.0 Å². The molecule has 3 aliphatic heterocycles. The largest absolute Gasteiger partial charge is 0.493 e. The Kier molecular flexibility index (Phi) is 18.7. The summed E-state index contributed by atoms with van der Waals surface area (Å²) in [6, 6.07) is 14.0. The number of carbonyl (C=O) groups is 7. The van der Waals surface area contributed by atoms with Crippen LogP contribution in [0.1, 0.15) is 64.9 Å². The van der Waals surface area contributed by atoms with Crippen molar-refractivity contribution < 1.29 is 87.5 Å². The Morgan fingerprint density at radius 2 is 1.56 bits per heavy atom. The van der Waals surface area contributed by atoms with E-state index < -0.39 is 72.9 Å². The molecule has 3 aromatic carbocycles. The highest BCUT2D eigenvalue weighted by molar-refractivity contribution is 6.06. The van der Waals surface area contributed by atoms with Gasteiger partial charge in [-0.15, -0.1) is 0 Å². The maximum Gasteiger partial charge on any atom is 0.416 e. The van der Waals surface area contributed by atoms with Crippen molar-refractivity contribution in [3.05, 3.63) is 96.3 Å². The minimum Gasteiger partial charge on any atom is -0.493 e. The number of aromatic nitrogens is 1. The monoisotopic (exact) mass is 1070 g/mol. The summed E-state index contributed by atoms with van der Waals surface area (Å²) < 4.78 is 34.6. The number of amides is 6. The van der Waals surface area contributed by atoms with E-state index in [2.05, 4.69) is 27.8 Å². The Hall–Kier alpha value is -8.27. The highest BCUT2D eigenvalue weighted by Crippen LogP contribution is 2.41. The smallest absolute Gasteiger partial charge is 0.416 e. The third-order valence-corrected chi connectivity index (χ3v) is 12.5. The van der Waals surface area contributed by atoms with E-state index >= 15 is 0 Å². The van der Waals surface area contributed by atoms with Crippen LogP contribution < -0.4 is 46.1 Å². The highest BCUT2D eigenvalue weighted by atomic mass is 16.7. The first-order valence-corrected chi connectivity index (χ1v) is 24.3. The number of benzene rings is 3. The maximum absolute atomic E-state index is 13.8. The van der Waals surface area contributed by atoms with Crippen LogP contribution in [0.4, 0.5) is 38.0 Å². The van der Waals surface area contributed by atoms with E-state index in [1.807, 2.05) is 0 Å². The van der Waals surface area contributed by atoms with Gasteiger partial charge in [-0.3, -0.25) is 24.5 Å². The summed E-state index contributed by atoms with van der Waals surface area (Å²) in [5, 5.41) is 62.2. The lowest BCUT2D eigenvalue weighted by atomic mass is 9.99. The van der Waals surface area contributed by atoms with Gasteiger partial charge >= 0.3 is 18.2 Å². The number of anilines is 5. The van der Waals surface area contributed by atoms with E-state index in [-0.39, 0.29) is 97.3 Å². The average Bonchev–Trinajstić information content (AvgIpc) is 3.79. The third kappa shape index (κ3) is 13.6. The van der Waals surface area contributed by atoms with Crippen LogP contribution in [0.2, 0.25) is 0 Å². The molecule has 1 unspecified atom stereocenters. The number of carboxylic acids is 1. The predicted octanol–water partition coefficient (Wildman–Crippen LogP) is 2.85. The van der Waals surface area contributed by atoms with E-state index in [0.29, 0.717) is 35.6 Å². The lowest BCUT2D eigenvalue weighted by Gasteiger charge is -2.38. The average molecular weight is 1070 g/mol. The zero-order valence-corrected chi connectivity index (χ0v) is 41.9. The molecule has 0 aliphatic carbocycles. The fraction of sp³-hybridized carbons (Fsp3) is 0.392. The van der Waals surface area contributed by atoms with E-state index in [1.165, 1.54) is 78.4 Å². The number of nitrogens with two attached hydrogens (primary N) is 1. The maximum atomic E-state index is 13.8. The van der Waals surface area contributed by atoms with Gasteiger partial charge in [-0.2, -0.15) is 0 Å². The van der Waals surface area contributed by atoms with E-state index in [0.717, 1.165) is 17.7 Å². The topological polar surface area (TPSA) is 362 Å². The minimum atomic E-state index is -1.95. The quantitative estimate of drug-likeness (QED) is 0.0449. The Labute approximate surface area is 440 Å². The molecule has 11 N–H and O–H groups in total. The first-order valence-electron chi connectivity index (χ1n) is 24.3. The number of aliphatic hydroxyl groups excluding tert-OH is 4. The van der Waals surface area contributed by atoms with Crippen LogP contribution in [0, 0.1) is 0 Å².